The van der Waals surface area contributed by atoms with E-state index in [1.807, 2.05) is 0 Å². The second-order valence-corrected chi connectivity index (χ2v) is 1.53. The molecular formula is C3H6ClN3O2. The zero-order valence-corrected chi connectivity index (χ0v) is 5.31. The number of hydrogen-bond acceptors (Lipinski definition) is 3. The topological polar surface area (TPSA) is 70.6 Å². The van der Waals surface area contributed by atoms with Gasteiger partial charge in [0.1, 0.15) is 0 Å². The molecule has 0 bridgehead atoms. The maximum Gasteiger partial charge on any atom is 0.337 e. The van der Waals surface area contributed by atoms with Crippen LogP contribution in [0.5, 0.6) is 0 Å². The average molecular weight is 152 g/mol. The lowest BCUT2D eigenvalue weighted by Crippen LogP contribution is -2.33. The molecule has 2 amide bonds. The lowest BCUT2D eigenvalue weighted by Gasteiger charge is -1.96. The first-order valence-corrected chi connectivity index (χ1v) is 2.77. The van der Waals surface area contributed by atoms with Crippen molar-refractivity contribution in [1.29, 1.82) is 0 Å². The molecule has 0 aromatic rings. The highest BCUT2D eigenvalue weighted by atomic mass is 35.5. The summed E-state index contributed by atoms with van der Waals surface area (Å²) in [5, 5.41) is 4.39. The van der Waals surface area contributed by atoms with Gasteiger partial charge in [-0.15, -0.1) is 16.5 Å². The number of halogens is 1. The maximum atomic E-state index is 10.2. The summed E-state index contributed by atoms with van der Waals surface area (Å²) in [5.41, 5.74) is 1.64. The first-order valence-electron chi connectivity index (χ1n) is 2.23. The van der Waals surface area contributed by atoms with Crippen LogP contribution < -0.4 is 10.7 Å². The molecule has 0 rings (SSSR count). The van der Waals surface area contributed by atoms with Crippen LogP contribution in [0.15, 0.2) is 5.29 Å². The molecule has 9 heavy (non-hydrogen) atoms. The van der Waals surface area contributed by atoms with Crippen LogP contribution in [0.3, 0.4) is 0 Å². The molecule has 0 aliphatic rings. The monoisotopic (exact) mass is 151 g/mol. The zero-order chi connectivity index (χ0) is 7.11. The van der Waals surface area contributed by atoms with Crippen molar-refractivity contribution in [2.24, 2.45) is 5.29 Å². The van der Waals surface area contributed by atoms with Crippen molar-refractivity contribution >= 4 is 17.6 Å². The lowest BCUT2D eigenvalue weighted by atomic mass is 10.7. The summed E-state index contributed by atoms with van der Waals surface area (Å²) < 4.78 is 0. The maximum absolute atomic E-state index is 10.2. The highest BCUT2D eigenvalue weighted by Gasteiger charge is 1.94. The Morgan fingerprint density at radius 3 is 2.78 bits per heavy atom. The largest absolute Gasteiger partial charge is 0.337 e. The van der Waals surface area contributed by atoms with Crippen LogP contribution in [0, 0.1) is 4.91 Å². The predicted octanol–water partition coefficient (Wildman–Crippen LogP) is 0.206. The van der Waals surface area contributed by atoms with Crippen LogP contribution >= 0.6 is 11.6 Å². The second kappa shape index (κ2) is 5.30. The summed E-state index contributed by atoms with van der Waals surface area (Å²) in [6.07, 6.45) is 0. The number of hydrogen-bond donors (Lipinski definition) is 2. The highest BCUT2D eigenvalue weighted by molar-refractivity contribution is 6.18. The van der Waals surface area contributed by atoms with Gasteiger partial charge in [-0.25, -0.2) is 4.79 Å². The van der Waals surface area contributed by atoms with Crippen LogP contribution in [0.1, 0.15) is 0 Å². The van der Waals surface area contributed by atoms with Crippen molar-refractivity contribution in [3.8, 4) is 0 Å². The van der Waals surface area contributed by atoms with E-state index in [-0.39, 0.29) is 0 Å². The molecule has 0 heterocycles. The molecule has 0 saturated carbocycles. The van der Waals surface area contributed by atoms with Crippen LogP contribution in [-0.2, 0) is 0 Å². The molecule has 0 fully saturated rings. The summed E-state index contributed by atoms with van der Waals surface area (Å²) in [6.45, 7) is 0.322. The van der Waals surface area contributed by atoms with Gasteiger partial charge in [-0.1, -0.05) is 0 Å². The normalized spacial score (nSPS) is 8.11. The molecule has 2 N–H and O–H groups in total. The van der Waals surface area contributed by atoms with Crippen LogP contribution in [0.25, 0.3) is 0 Å². The molecule has 0 atom stereocenters. The van der Waals surface area contributed by atoms with Gasteiger partial charge in [0.05, 0.1) is 5.29 Å². The van der Waals surface area contributed by atoms with Crippen LogP contribution in [-0.4, -0.2) is 18.5 Å². The SMILES string of the molecule is O=NNC(=O)NCCCl. The first-order chi connectivity index (χ1) is 4.31. The average Bonchev–Trinajstić information content (AvgIpc) is 1.85. The van der Waals surface area contributed by atoms with Gasteiger partial charge in [0, 0.05) is 12.4 Å². The molecule has 5 nitrogen and oxygen atoms in total. The fourth-order valence-electron chi connectivity index (χ4n) is 0.242. The Morgan fingerprint density at radius 2 is 2.33 bits per heavy atom. The smallest absolute Gasteiger partial charge is 0.335 e. The van der Waals surface area contributed by atoms with E-state index in [1.54, 1.807) is 5.43 Å². The van der Waals surface area contributed by atoms with E-state index >= 15 is 0 Å². The number of nitrogens with zero attached hydrogens (tertiary/aromatic N) is 1. The van der Waals surface area contributed by atoms with Gasteiger partial charge in [-0.3, -0.25) is 0 Å². The molecule has 0 aliphatic heterocycles. The highest BCUT2D eigenvalue weighted by Crippen LogP contribution is 1.69. The van der Waals surface area contributed by atoms with Gasteiger partial charge in [-0.2, -0.15) is 5.43 Å². The fourth-order valence-corrected chi connectivity index (χ4v) is 0.336. The summed E-state index contributed by atoms with van der Waals surface area (Å²) in [5.74, 6) is 0.312. The van der Waals surface area contributed by atoms with E-state index in [0.29, 0.717) is 12.4 Å². The third-order valence-corrected chi connectivity index (χ3v) is 0.716. The molecule has 52 valence electrons. The second-order valence-electron chi connectivity index (χ2n) is 1.15. The fraction of sp³-hybridized carbons (Fsp3) is 0.667. The summed E-state index contributed by atoms with van der Waals surface area (Å²) in [7, 11) is 0. The minimum atomic E-state index is -0.634. The van der Waals surface area contributed by atoms with E-state index in [4.69, 9.17) is 11.6 Å². The van der Waals surface area contributed by atoms with E-state index in [1.165, 1.54) is 0 Å². The Morgan fingerprint density at radius 1 is 1.67 bits per heavy atom. The van der Waals surface area contributed by atoms with Crippen molar-refractivity contribution in [2.45, 2.75) is 0 Å². The van der Waals surface area contributed by atoms with Crippen molar-refractivity contribution in [2.75, 3.05) is 12.4 Å². The third kappa shape index (κ3) is 5.02. The number of urea groups is 1. The van der Waals surface area contributed by atoms with Gasteiger partial charge in [-0.05, 0) is 0 Å². The Hall–Kier alpha value is -0.840. The Kier molecular flexibility index (Phi) is 4.81. The Bertz CT molecular complexity index is 107. The quantitative estimate of drug-likeness (QED) is 0.344. The molecule has 0 aromatic heterocycles. The number of carbonyl (C=O) groups excluding carboxylic acids is 1. The van der Waals surface area contributed by atoms with Gasteiger partial charge >= 0.3 is 6.03 Å². The number of nitrogens with one attached hydrogen (secondary N) is 2. The Balaban J connectivity index is 3.16. The van der Waals surface area contributed by atoms with Crippen LogP contribution in [0.4, 0.5) is 4.79 Å². The lowest BCUT2D eigenvalue weighted by molar-refractivity contribution is 0.242. The standard InChI is InChI=1S/C3H6ClN3O2/c4-1-2-5-3(8)6-7-9/h1-2H2,(H2,5,6,8,9). The molecule has 6 heteroatoms. The molecule has 0 unspecified atom stereocenters. The number of alkyl halides is 1. The van der Waals surface area contributed by atoms with Gasteiger partial charge in [0.15, 0.2) is 0 Å². The van der Waals surface area contributed by atoms with E-state index in [9.17, 15) is 9.70 Å². The van der Waals surface area contributed by atoms with Gasteiger partial charge < -0.3 is 5.32 Å². The molecule has 0 aliphatic carbocycles. The molecule has 0 spiro atoms. The number of amides is 2. The number of rotatable bonds is 3. The number of nitroso groups, excluding NO2 is 1. The van der Waals surface area contributed by atoms with E-state index < -0.39 is 6.03 Å². The van der Waals surface area contributed by atoms with Crippen molar-refractivity contribution in [3.05, 3.63) is 4.91 Å². The van der Waals surface area contributed by atoms with Crippen LogP contribution in [0.2, 0.25) is 0 Å². The minimum absolute atomic E-state index is 0.312. The van der Waals surface area contributed by atoms with Crippen molar-refractivity contribution in [1.82, 2.24) is 10.7 Å². The van der Waals surface area contributed by atoms with Crippen molar-refractivity contribution < 1.29 is 4.79 Å². The molecule has 0 aromatic carbocycles. The predicted molar refractivity (Wildman–Crippen MR) is 33.0 cm³/mol. The van der Waals surface area contributed by atoms with E-state index in [2.05, 4.69) is 10.6 Å². The van der Waals surface area contributed by atoms with Crippen molar-refractivity contribution in [3.63, 3.8) is 0 Å². The summed E-state index contributed by atoms with van der Waals surface area (Å²) in [6, 6.07) is -0.634. The summed E-state index contributed by atoms with van der Waals surface area (Å²) >= 11 is 5.19. The number of carbonyl (C=O) groups is 1. The summed E-state index contributed by atoms with van der Waals surface area (Å²) in [4.78, 5) is 19.6. The van der Waals surface area contributed by atoms with Gasteiger partial charge in [0.2, 0.25) is 0 Å². The minimum Gasteiger partial charge on any atom is -0.335 e. The van der Waals surface area contributed by atoms with Gasteiger partial charge in [0.25, 0.3) is 0 Å². The zero-order valence-electron chi connectivity index (χ0n) is 4.56. The van der Waals surface area contributed by atoms with E-state index in [0.717, 1.165) is 0 Å². The molecule has 0 radical (unpaired) electrons. The molecular weight excluding hydrogens is 146 g/mol. The molecule has 0 saturated heterocycles. The first kappa shape index (κ1) is 8.16. The Labute approximate surface area is 56.7 Å². The third-order valence-electron chi connectivity index (χ3n) is 0.527.